The van der Waals surface area contributed by atoms with E-state index in [0.29, 0.717) is 31.7 Å². The van der Waals surface area contributed by atoms with Gasteiger partial charge >= 0.3 is 0 Å². The number of nitrogens with zero attached hydrogens (tertiary/aromatic N) is 5. The highest BCUT2D eigenvalue weighted by atomic mass is 16.3. The van der Waals surface area contributed by atoms with E-state index < -0.39 is 5.54 Å². The summed E-state index contributed by atoms with van der Waals surface area (Å²) >= 11 is 0. The fourth-order valence-electron chi connectivity index (χ4n) is 3.84. The summed E-state index contributed by atoms with van der Waals surface area (Å²) in [6.45, 7) is 0.673. The van der Waals surface area contributed by atoms with Crippen LogP contribution in [0.1, 0.15) is 32.1 Å². The third-order valence-electron chi connectivity index (χ3n) is 5.73. The number of carbonyl (C=O) groups is 4. The molecule has 0 unspecified atom stereocenters. The van der Waals surface area contributed by atoms with Crippen molar-refractivity contribution < 1.29 is 29.4 Å². The molecule has 0 radical (unpaired) electrons. The van der Waals surface area contributed by atoms with E-state index in [9.17, 15) is 9.59 Å². The van der Waals surface area contributed by atoms with Gasteiger partial charge in [0.1, 0.15) is 5.54 Å². The van der Waals surface area contributed by atoms with Gasteiger partial charge in [0.2, 0.25) is 5.91 Å². The predicted molar refractivity (Wildman–Crippen MR) is 113 cm³/mol. The van der Waals surface area contributed by atoms with Crippen LogP contribution in [0.25, 0.3) is 0 Å². The Morgan fingerprint density at radius 2 is 1.78 bits per heavy atom. The van der Waals surface area contributed by atoms with Crippen LogP contribution in [0.4, 0.5) is 5.82 Å². The largest absolute Gasteiger partial charge is 0.483 e. The van der Waals surface area contributed by atoms with Crippen molar-refractivity contribution in [3.05, 3.63) is 31.0 Å². The molecule has 12 nitrogen and oxygen atoms in total. The Kier molecular flexibility index (Phi) is 8.93. The summed E-state index contributed by atoms with van der Waals surface area (Å²) in [7, 11) is 1.81. The average molecular weight is 448 g/mol. The van der Waals surface area contributed by atoms with Crippen LogP contribution < -0.4 is 5.32 Å². The van der Waals surface area contributed by atoms with Gasteiger partial charge in [-0.3, -0.25) is 23.9 Å². The van der Waals surface area contributed by atoms with E-state index in [1.54, 1.807) is 29.5 Å². The lowest BCUT2D eigenvalue weighted by Gasteiger charge is -2.42. The van der Waals surface area contributed by atoms with Crippen molar-refractivity contribution in [3.63, 3.8) is 0 Å². The summed E-state index contributed by atoms with van der Waals surface area (Å²) in [6, 6.07) is 1.77. The first-order valence-corrected chi connectivity index (χ1v) is 10.2. The van der Waals surface area contributed by atoms with Crippen molar-refractivity contribution in [2.24, 2.45) is 13.0 Å². The number of carboxylic acid groups (broad SMARTS) is 2. The minimum atomic E-state index is -0.746. The van der Waals surface area contributed by atoms with E-state index in [1.165, 1.54) is 0 Å². The van der Waals surface area contributed by atoms with Crippen molar-refractivity contribution in [2.45, 2.75) is 37.6 Å². The molecule has 2 fully saturated rings. The molecule has 0 aromatic carbocycles. The predicted octanol–water partition coefficient (Wildman–Crippen LogP) is 0.775. The van der Waals surface area contributed by atoms with E-state index in [0.717, 1.165) is 19.3 Å². The van der Waals surface area contributed by atoms with Crippen molar-refractivity contribution in [1.82, 2.24) is 24.2 Å². The molecule has 2 aliphatic rings. The van der Waals surface area contributed by atoms with Gasteiger partial charge in [0, 0.05) is 50.7 Å². The number of aromatic nitrogens is 4. The van der Waals surface area contributed by atoms with Gasteiger partial charge in [-0.05, 0) is 25.7 Å². The first-order valence-electron chi connectivity index (χ1n) is 10.2. The SMILES string of the molecule is Cn1ccc(NC(=O)C2(n3ccnc3)CCN(C(=O)C3CCC3)CC2)n1.O=CO.O=CO. The topological polar surface area (TPSA) is 160 Å². The highest BCUT2D eigenvalue weighted by molar-refractivity contribution is 5.96. The van der Waals surface area contributed by atoms with Crippen molar-refractivity contribution in [1.29, 1.82) is 0 Å². The molecule has 1 saturated heterocycles. The molecule has 32 heavy (non-hydrogen) atoms. The molecule has 1 saturated carbocycles. The number of imidazole rings is 1. The second-order valence-electron chi connectivity index (χ2n) is 7.49. The number of piperidine rings is 1. The first kappa shape index (κ1) is 24.6. The summed E-state index contributed by atoms with van der Waals surface area (Å²) in [5.74, 6) is 0.869. The molecule has 0 bridgehead atoms. The second-order valence-corrected chi connectivity index (χ2v) is 7.49. The molecule has 3 N–H and O–H groups in total. The molecule has 0 atom stereocenters. The van der Waals surface area contributed by atoms with Crippen molar-refractivity contribution in [3.8, 4) is 0 Å². The van der Waals surface area contributed by atoms with Gasteiger partial charge in [-0.25, -0.2) is 4.98 Å². The zero-order valence-electron chi connectivity index (χ0n) is 17.8. The summed E-state index contributed by atoms with van der Waals surface area (Å²) in [6.07, 6.45) is 11.3. The van der Waals surface area contributed by atoms with Crippen LogP contribution in [-0.4, -0.2) is 72.3 Å². The summed E-state index contributed by atoms with van der Waals surface area (Å²) in [5.41, 5.74) is -0.746. The van der Waals surface area contributed by atoms with E-state index >= 15 is 0 Å². The van der Waals surface area contributed by atoms with Crippen LogP contribution in [-0.2, 0) is 31.8 Å². The van der Waals surface area contributed by atoms with Gasteiger partial charge in [0.05, 0.1) is 6.33 Å². The molecule has 1 aliphatic heterocycles. The average Bonchev–Trinajstić information content (AvgIpc) is 3.40. The lowest BCUT2D eigenvalue weighted by molar-refractivity contribution is -0.142. The van der Waals surface area contributed by atoms with Crippen molar-refractivity contribution >= 4 is 30.6 Å². The molecule has 4 rings (SSSR count). The molecule has 0 spiro atoms. The Morgan fingerprint density at radius 1 is 1.16 bits per heavy atom. The van der Waals surface area contributed by atoms with Gasteiger partial charge in [-0.2, -0.15) is 5.10 Å². The van der Waals surface area contributed by atoms with Gasteiger partial charge in [-0.1, -0.05) is 6.42 Å². The van der Waals surface area contributed by atoms with E-state index in [2.05, 4.69) is 15.4 Å². The lowest BCUT2D eigenvalue weighted by atomic mass is 9.82. The minimum Gasteiger partial charge on any atom is -0.483 e. The molecule has 1 aliphatic carbocycles. The Morgan fingerprint density at radius 3 is 2.22 bits per heavy atom. The zero-order chi connectivity index (χ0) is 23.6. The van der Waals surface area contributed by atoms with Gasteiger partial charge in [-0.15, -0.1) is 0 Å². The second kappa shape index (κ2) is 11.6. The fourth-order valence-corrected chi connectivity index (χ4v) is 3.84. The Labute approximate surface area is 184 Å². The number of aryl methyl sites for hydroxylation is 1. The van der Waals surface area contributed by atoms with Gasteiger partial charge in [0.15, 0.2) is 5.82 Å². The van der Waals surface area contributed by atoms with Gasteiger partial charge in [0.25, 0.3) is 18.9 Å². The molecule has 3 heterocycles. The third kappa shape index (κ3) is 5.71. The summed E-state index contributed by atoms with van der Waals surface area (Å²) in [5, 5.41) is 20.9. The standard InChI is InChI=1S/C18H24N6O2.2CH2O2/c1-22-9-5-15(21-22)20-17(26)18(24-12-8-19-13-24)6-10-23(11-7-18)16(25)14-3-2-4-14;2*2-1-3/h5,8-9,12-14H,2-4,6-7,10-11H2,1H3,(H,20,21,26);2*1H,(H,2,3). The number of hydrogen-bond donors (Lipinski definition) is 3. The highest BCUT2D eigenvalue weighted by Crippen LogP contribution is 2.34. The fraction of sp³-hybridized carbons (Fsp3) is 0.500. The maximum absolute atomic E-state index is 13.2. The van der Waals surface area contributed by atoms with Crippen LogP contribution in [0.3, 0.4) is 0 Å². The molecule has 2 aromatic rings. The maximum Gasteiger partial charge on any atom is 0.290 e. The number of likely N-dealkylation sites (tertiary alicyclic amines) is 1. The smallest absolute Gasteiger partial charge is 0.290 e. The highest BCUT2D eigenvalue weighted by Gasteiger charge is 2.45. The molecule has 2 amide bonds. The third-order valence-corrected chi connectivity index (χ3v) is 5.73. The molecular weight excluding hydrogens is 420 g/mol. The van der Waals surface area contributed by atoms with E-state index in [4.69, 9.17) is 19.8 Å². The van der Waals surface area contributed by atoms with Crippen LogP contribution >= 0.6 is 0 Å². The van der Waals surface area contributed by atoms with E-state index in [-0.39, 0.29) is 30.7 Å². The normalized spacial score (nSPS) is 16.8. The molecule has 174 valence electrons. The summed E-state index contributed by atoms with van der Waals surface area (Å²) in [4.78, 5) is 48.5. The Balaban J connectivity index is 0.000000547. The quantitative estimate of drug-likeness (QED) is 0.578. The monoisotopic (exact) mass is 448 g/mol. The number of hydrogen-bond acceptors (Lipinski definition) is 6. The lowest BCUT2D eigenvalue weighted by Crippen LogP contribution is -2.55. The van der Waals surface area contributed by atoms with Crippen LogP contribution in [0.2, 0.25) is 0 Å². The number of carbonyl (C=O) groups excluding carboxylic acids is 2. The molecule has 2 aromatic heterocycles. The molecule has 12 heteroatoms. The number of anilines is 1. The number of amides is 2. The first-order chi connectivity index (χ1) is 15.4. The Hall–Kier alpha value is -3.70. The number of nitrogens with one attached hydrogen (secondary N) is 1. The van der Waals surface area contributed by atoms with Gasteiger partial charge < -0.3 is 25.0 Å². The van der Waals surface area contributed by atoms with Crippen molar-refractivity contribution in [2.75, 3.05) is 18.4 Å². The minimum absolute atomic E-state index is 0.107. The van der Waals surface area contributed by atoms with Crippen LogP contribution in [0, 0.1) is 5.92 Å². The number of rotatable bonds is 4. The zero-order valence-corrected chi connectivity index (χ0v) is 17.8. The Bertz CT molecular complexity index is 878. The summed E-state index contributed by atoms with van der Waals surface area (Å²) < 4.78 is 3.52. The molecular formula is C20H28N6O6. The maximum atomic E-state index is 13.2. The van der Waals surface area contributed by atoms with E-state index in [1.807, 2.05) is 22.7 Å². The van der Waals surface area contributed by atoms with Crippen LogP contribution in [0.15, 0.2) is 31.0 Å². The van der Waals surface area contributed by atoms with Crippen LogP contribution in [0.5, 0.6) is 0 Å².